The van der Waals surface area contributed by atoms with Crippen molar-refractivity contribution >= 4 is 28.1 Å². The molecule has 0 aliphatic carbocycles. The molecule has 4 aromatic heterocycles. The number of pyridine rings is 2. The SMILES string of the molecule is Cc1nc(Cc2cnc(F)c(-c3ncnc4cc(N5CCOCC5)ncc34)c2)sc1C. The van der Waals surface area contributed by atoms with E-state index in [1.54, 1.807) is 29.8 Å². The Bertz CT molecular complexity index is 1230. The van der Waals surface area contributed by atoms with Crippen molar-refractivity contribution in [2.75, 3.05) is 31.2 Å². The largest absolute Gasteiger partial charge is 0.378 e. The molecule has 1 fully saturated rings. The quantitative estimate of drug-likeness (QED) is 0.451. The van der Waals surface area contributed by atoms with Crippen LogP contribution in [0.5, 0.6) is 0 Å². The van der Waals surface area contributed by atoms with E-state index in [9.17, 15) is 4.39 Å². The molecular weight excluding hydrogens is 415 g/mol. The molecule has 0 bridgehead atoms. The molecule has 158 valence electrons. The van der Waals surface area contributed by atoms with Crippen molar-refractivity contribution in [2.45, 2.75) is 20.3 Å². The van der Waals surface area contributed by atoms with Crippen LogP contribution in [0.15, 0.2) is 30.9 Å². The molecule has 7 nitrogen and oxygen atoms in total. The van der Waals surface area contributed by atoms with Crippen molar-refractivity contribution < 1.29 is 9.13 Å². The Kier molecular flexibility index (Phi) is 5.29. The summed E-state index contributed by atoms with van der Waals surface area (Å²) in [4.78, 5) is 25.3. The van der Waals surface area contributed by atoms with Gasteiger partial charge in [0, 0.05) is 48.2 Å². The summed E-state index contributed by atoms with van der Waals surface area (Å²) in [5, 5.41) is 1.68. The summed E-state index contributed by atoms with van der Waals surface area (Å²) < 4.78 is 20.1. The maximum atomic E-state index is 14.7. The number of aryl methyl sites for hydroxylation is 2. The van der Waals surface area contributed by atoms with E-state index in [-0.39, 0.29) is 0 Å². The van der Waals surface area contributed by atoms with Crippen LogP contribution in [-0.2, 0) is 11.2 Å². The summed E-state index contributed by atoms with van der Waals surface area (Å²) in [6, 6.07) is 3.72. The first-order chi connectivity index (χ1) is 15.1. The van der Waals surface area contributed by atoms with Crippen molar-refractivity contribution in [1.29, 1.82) is 0 Å². The highest BCUT2D eigenvalue weighted by Crippen LogP contribution is 2.30. The van der Waals surface area contributed by atoms with Gasteiger partial charge in [0.05, 0.1) is 40.7 Å². The summed E-state index contributed by atoms with van der Waals surface area (Å²) in [5.74, 6) is 0.273. The van der Waals surface area contributed by atoms with E-state index in [0.717, 1.165) is 40.7 Å². The van der Waals surface area contributed by atoms with Crippen LogP contribution >= 0.6 is 11.3 Å². The van der Waals surface area contributed by atoms with E-state index >= 15 is 0 Å². The molecule has 0 saturated carbocycles. The Morgan fingerprint density at radius 2 is 1.90 bits per heavy atom. The maximum absolute atomic E-state index is 14.7. The van der Waals surface area contributed by atoms with Crippen LogP contribution in [0.4, 0.5) is 10.2 Å². The van der Waals surface area contributed by atoms with Crippen LogP contribution in [0.1, 0.15) is 21.1 Å². The molecule has 5 heterocycles. The minimum Gasteiger partial charge on any atom is -0.378 e. The summed E-state index contributed by atoms with van der Waals surface area (Å²) in [6.07, 6.45) is 5.33. The number of halogens is 1. The standard InChI is InChI=1S/C22H21FN6OS/c1-13-14(2)31-20(28-13)8-15-7-16(22(23)25-10-15)21-17-11-24-19(9-18(17)26-12-27-21)29-3-5-30-6-4-29/h7,9-12H,3-6,8H2,1-2H3. The van der Waals surface area contributed by atoms with Crippen molar-refractivity contribution in [3.8, 4) is 11.3 Å². The second-order valence-corrected chi connectivity index (χ2v) is 8.78. The predicted octanol–water partition coefficient (Wildman–Crippen LogP) is 3.73. The number of morpholine rings is 1. The Morgan fingerprint density at radius 1 is 1.06 bits per heavy atom. The Morgan fingerprint density at radius 3 is 2.68 bits per heavy atom. The zero-order valence-corrected chi connectivity index (χ0v) is 18.1. The number of aromatic nitrogens is 5. The zero-order valence-electron chi connectivity index (χ0n) is 17.3. The van der Waals surface area contributed by atoms with Gasteiger partial charge >= 0.3 is 0 Å². The molecule has 0 amide bonds. The van der Waals surface area contributed by atoms with Gasteiger partial charge in [-0.05, 0) is 25.5 Å². The molecule has 0 N–H and O–H groups in total. The lowest BCUT2D eigenvalue weighted by Crippen LogP contribution is -2.36. The first kappa shape index (κ1) is 19.9. The lowest BCUT2D eigenvalue weighted by Gasteiger charge is -2.27. The van der Waals surface area contributed by atoms with Gasteiger partial charge in [-0.2, -0.15) is 4.39 Å². The van der Waals surface area contributed by atoms with Gasteiger partial charge in [-0.15, -0.1) is 11.3 Å². The van der Waals surface area contributed by atoms with Gasteiger partial charge in [0.1, 0.15) is 12.1 Å². The third kappa shape index (κ3) is 3.98. The fraction of sp³-hybridized carbons (Fsp3) is 0.318. The van der Waals surface area contributed by atoms with E-state index in [0.29, 0.717) is 36.3 Å². The van der Waals surface area contributed by atoms with Gasteiger partial charge < -0.3 is 9.64 Å². The van der Waals surface area contributed by atoms with Crippen LogP contribution in [0.25, 0.3) is 22.2 Å². The summed E-state index contributed by atoms with van der Waals surface area (Å²) in [6.45, 7) is 6.97. The van der Waals surface area contributed by atoms with Crippen molar-refractivity contribution in [1.82, 2.24) is 24.9 Å². The van der Waals surface area contributed by atoms with Crippen molar-refractivity contribution in [3.05, 3.63) is 57.9 Å². The highest BCUT2D eigenvalue weighted by Gasteiger charge is 2.17. The molecule has 4 aromatic rings. The topological polar surface area (TPSA) is 76.9 Å². The average Bonchev–Trinajstić information content (AvgIpc) is 3.11. The van der Waals surface area contributed by atoms with Crippen LogP contribution in [0.3, 0.4) is 0 Å². The third-order valence-electron chi connectivity index (χ3n) is 5.42. The molecule has 9 heteroatoms. The van der Waals surface area contributed by atoms with E-state index in [1.165, 1.54) is 11.2 Å². The Balaban J connectivity index is 1.52. The van der Waals surface area contributed by atoms with Gasteiger partial charge in [-0.1, -0.05) is 0 Å². The van der Waals surface area contributed by atoms with E-state index in [2.05, 4.69) is 36.7 Å². The summed E-state index contributed by atoms with van der Waals surface area (Å²) in [7, 11) is 0. The number of nitrogens with zero attached hydrogens (tertiary/aromatic N) is 6. The first-order valence-electron chi connectivity index (χ1n) is 10.1. The number of thiazole rings is 1. The molecule has 0 spiro atoms. The minimum absolute atomic E-state index is 0.343. The number of fused-ring (bicyclic) bond motifs is 1. The monoisotopic (exact) mass is 436 g/mol. The Labute approximate surface area is 183 Å². The summed E-state index contributed by atoms with van der Waals surface area (Å²) in [5.41, 5.74) is 3.46. The fourth-order valence-electron chi connectivity index (χ4n) is 3.67. The number of rotatable bonds is 4. The lowest BCUT2D eigenvalue weighted by molar-refractivity contribution is 0.122. The third-order valence-corrected chi connectivity index (χ3v) is 6.49. The fourth-order valence-corrected chi connectivity index (χ4v) is 4.63. The van der Waals surface area contributed by atoms with Crippen LogP contribution in [-0.4, -0.2) is 51.2 Å². The molecule has 0 aromatic carbocycles. The minimum atomic E-state index is -0.562. The van der Waals surface area contributed by atoms with Gasteiger partial charge in [-0.3, -0.25) is 0 Å². The first-order valence-corrected chi connectivity index (χ1v) is 10.9. The second kappa shape index (κ2) is 8.24. The number of ether oxygens (including phenoxy) is 1. The van der Waals surface area contributed by atoms with Gasteiger partial charge in [0.25, 0.3) is 0 Å². The van der Waals surface area contributed by atoms with Gasteiger partial charge in [0.2, 0.25) is 5.95 Å². The molecular formula is C22H21FN6OS. The normalized spacial score (nSPS) is 14.4. The van der Waals surface area contributed by atoms with Crippen LogP contribution < -0.4 is 4.90 Å². The molecule has 1 saturated heterocycles. The van der Waals surface area contributed by atoms with E-state index < -0.39 is 5.95 Å². The molecule has 0 atom stereocenters. The van der Waals surface area contributed by atoms with Crippen molar-refractivity contribution in [2.24, 2.45) is 0 Å². The Hall–Kier alpha value is -3.04. The average molecular weight is 437 g/mol. The van der Waals surface area contributed by atoms with Gasteiger partial charge in [-0.25, -0.2) is 24.9 Å². The van der Waals surface area contributed by atoms with Gasteiger partial charge in [0.15, 0.2) is 0 Å². The predicted molar refractivity (Wildman–Crippen MR) is 118 cm³/mol. The molecule has 0 unspecified atom stereocenters. The smallest absolute Gasteiger partial charge is 0.222 e. The van der Waals surface area contributed by atoms with E-state index in [4.69, 9.17) is 4.74 Å². The molecule has 5 rings (SSSR count). The number of hydrogen-bond donors (Lipinski definition) is 0. The summed E-state index contributed by atoms with van der Waals surface area (Å²) >= 11 is 1.65. The zero-order chi connectivity index (χ0) is 21.4. The molecule has 31 heavy (non-hydrogen) atoms. The van der Waals surface area contributed by atoms with Crippen LogP contribution in [0, 0.1) is 19.8 Å². The molecule has 1 aliphatic heterocycles. The van der Waals surface area contributed by atoms with Crippen molar-refractivity contribution in [3.63, 3.8) is 0 Å². The highest BCUT2D eigenvalue weighted by atomic mass is 32.1. The van der Waals surface area contributed by atoms with Crippen LogP contribution in [0.2, 0.25) is 0 Å². The number of hydrogen-bond acceptors (Lipinski definition) is 8. The maximum Gasteiger partial charge on any atom is 0.222 e. The second-order valence-electron chi connectivity index (χ2n) is 7.49. The number of anilines is 1. The molecule has 1 aliphatic rings. The lowest BCUT2D eigenvalue weighted by atomic mass is 10.1. The highest BCUT2D eigenvalue weighted by molar-refractivity contribution is 7.11. The molecule has 0 radical (unpaired) electrons. The van der Waals surface area contributed by atoms with E-state index in [1.807, 2.05) is 13.0 Å².